The molecular weight excluding hydrogens is 410 g/mol. The number of ether oxygens (including phenoxy) is 1. The van der Waals surface area contributed by atoms with E-state index in [2.05, 4.69) is 4.74 Å². The summed E-state index contributed by atoms with van der Waals surface area (Å²) in [5.41, 5.74) is 0. The largest absolute Gasteiger partial charge is 0.433 e. The summed E-state index contributed by atoms with van der Waals surface area (Å²) in [7, 11) is -3.99. The molecule has 0 saturated carbocycles. The first-order chi connectivity index (χ1) is 12.3. The Bertz CT molecular complexity index is 788. The van der Waals surface area contributed by atoms with E-state index in [1.807, 2.05) is 0 Å². The molecule has 11 heteroatoms. The van der Waals surface area contributed by atoms with Crippen LogP contribution >= 0.6 is 23.4 Å². The second-order valence-electron chi connectivity index (χ2n) is 5.91. The zero-order valence-corrected chi connectivity index (χ0v) is 16.0. The van der Waals surface area contributed by atoms with Crippen LogP contribution in [0.15, 0.2) is 23.1 Å². The monoisotopic (exact) mass is 426 g/mol. The van der Waals surface area contributed by atoms with Crippen LogP contribution in [0.25, 0.3) is 0 Å². The Morgan fingerprint density at radius 3 is 2.62 bits per heavy atom. The van der Waals surface area contributed by atoms with Crippen molar-refractivity contribution in [2.75, 3.05) is 24.7 Å². The fraction of sp³-hybridized carbons (Fsp3) is 0.533. The van der Waals surface area contributed by atoms with Crippen molar-refractivity contribution in [2.24, 2.45) is 0 Å². The van der Waals surface area contributed by atoms with Crippen molar-refractivity contribution in [1.29, 1.82) is 0 Å². The van der Waals surface area contributed by atoms with Gasteiger partial charge in [0.2, 0.25) is 15.9 Å². The van der Waals surface area contributed by atoms with Crippen molar-refractivity contribution in [3.63, 3.8) is 0 Å². The maximum absolute atomic E-state index is 12.9. The minimum atomic E-state index is -3.99. The lowest BCUT2D eigenvalue weighted by molar-refractivity contribution is -0.133. The second kappa shape index (κ2) is 7.87. The zero-order valence-electron chi connectivity index (χ0n) is 13.6. The van der Waals surface area contributed by atoms with Crippen LogP contribution in [0, 0.1) is 0 Å². The molecule has 0 aromatic heterocycles. The summed E-state index contributed by atoms with van der Waals surface area (Å²) in [4.78, 5) is 14.2. The maximum atomic E-state index is 12.9. The standard InChI is InChI=1S/C15H17ClF2N2O4S2/c16-11-7-10(3-4-13(11)24-15(17)18)26(22,23)20-9-25-8-12(20)14(21)19-5-1-2-6-19/h3-4,7,12,15H,1-2,5-6,8-9H2/t12-/m1/s1. The number of hydrogen-bond acceptors (Lipinski definition) is 5. The summed E-state index contributed by atoms with van der Waals surface area (Å²) in [6.45, 7) is -1.79. The van der Waals surface area contributed by atoms with Gasteiger partial charge in [-0.3, -0.25) is 4.79 Å². The van der Waals surface area contributed by atoms with Crippen molar-refractivity contribution in [3.05, 3.63) is 23.2 Å². The fourth-order valence-electron chi connectivity index (χ4n) is 2.98. The Hall–Kier alpha value is -1.10. The molecule has 0 radical (unpaired) electrons. The van der Waals surface area contributed by atoms with E-state index in [9.17, 15) is 22.0 Å². The van der Waals surface area contributed by atoms with E-state index in [-0.39, 0.29) is 27.5 Å². The van der Waals surface area contributed by atoms with E-state index in [0.717, 1.165) is 35.3 Å². The smallest absolute Gasteiger partial charge is 0.387 e. The van der Waals surface area contributed by atoms with Gasteiger partial charge in [0.15, 0.2) is 0 Å². The number of halogens is 3. The van der Waals surface area contributed by atoms with Crippen molar-refractivity contribution in [1.82, 2.24) is 9.21 Å². The molecule has 2 fully saturated rings. The van der Waals surface area contributed by atoms with Gasteiger partial charge in [-0.2, -0.15) is 13.1 Å². The number of sulfonamides is 1. The Balaban J connectivity index is 1.84. The van der Waals surface area contributed by atoms with Gasteiger partial charge in [-0.15, -0.1) is 11.8 Å². The Morgan fingerprint density at radius 2 is 2.00 bits per heavy atom. The lowest BCUT2D eigenvalue weighted by Crippen LogP contribution is -2.48. The number of carbonyl (C=O) groups is 1. The Morgan fingerprint density at radius 1 is 1.31 bits per heavy atom. The van der Waals surface area contributed by atoms with Gasteiger partial charge in [0.1, 0.15) is 11.8 Å². The maximum Gasteiger partial charge on any atom is 0.387 e. The number of hydrogen-bond donors (Lipinski definition) is 0. The summed E-state index contributed by atoms with van der Waals surface area (Å²) in [6.07, 6.45) is 1.83. The number of benzene rings is 1. The van der Waals surface area contributed by atoms with Gasteiger partial charge in [-0.25, -0.2) is 8.42 Å². The van der Waals surface area contributed by atoms with E-state index in [1.165, 1.54) is 11.8 Å². The first kappa shape index (κ1) is 19.7. The van der Waals surface area contributed by atoms with E-state index in [4.69, 9.17) is 11.6 Å². The summed E-state index contributed by atoms with van der Waals surface area (Å²) >= 11 is 7.22. The van der Waals surface area contributed by atoms with Crippen molar-refractivity contribution in [3.8, 4) is 5.75 Å². The van der Waals surface area contributed by atoms with E-state index < -0.39 is 22.7 Å². The van der Waals surface area contributed by atoms with Crippen LogP contribution in [-0.2, 0) is 14.8 Å². The van der Waals surface area contributed by atoms with Crippen LogP contribution in [0.3, 0.4) is 0 Å². The first-order valence-electron chi connectivity index (χ1n) is 7.93. The average molecular weight is 427 g/mol. The van der Waals surface area contributed by atoms with Gasteiger partial charge in [-0.1, -0.05) is 11.6 Å². The highest BCUT2D eigenvalue weighted by Crippen LogP contribution is 2.34. The van der Waals surface area contributed by atoms with Gasteiger partial charge < -0.3 is 9.64 Å². The van der Waals surface area contributed by atoms with E-state index >= 15 is 0 Å². The molecule has 6 nitrogen and oxygen atoms in total. The summed E-state index contributed by atoms with van der Waals surface area (Å²) in [5.74, 6) is 0.0369. The third-order valence-corrected chi connectivity index (χ3v) is 7.59. The van der Waals surface area contributed by atoms with Gasteiger partial charge in [0.05, 0.1) is 15.8 Å². The molecule has 1 amide bonds. The molecule has 26 heavy (non-hydrogen) atoms. The Labute approximate surface area is 159 Å². The Kier molecular flexibility index (Phi) is 5.95. The number of thioether (sulfide) groups is 1. The molecule has 0 spiro atoms. The molecule has 1 atom stereocenters. The van der Waals surface area contributed by atoms with E-state index in [1.54, 1.807) is 4.90 Å². The average Bonchev–Trinajstić information content (AvgIpc) is 3.27. The minimum Gasteiger partial charge on any atom is -0.433 e. The molecular formula is C15H17ClF2N2O4S2. The molecule has 1 aromatic rings. The number of alkyl halides is 2. The van der Waals surface area contributed by atoms with Crippen molar-refractivity contribution >= 4 is 39.3 Å². The number of likely N-dealkylation sites (tertiary alicyclic amines) is 1. The second-order valence-corrected chi connectivity index (χ2v) is 9.21. The van der Waals surface area contributed by atoms with Crippen molar-refractivity contribution in [2.45, 2.75) is 30.4 Å². The number of nitrogens with zero attached hydrogens (tertiary/aromatic N) is 2. The highest BCUT2D eigenvalue weighted by molar-refractivity contribution is 8.00. The third-order valence-electron chi connectivity index (χ3n) is 4.27. The SMILES string of the molecule is O=C([C@H]1CSCN1S(=O)(=O)c1ccc(OC(F)F)c(Cl)c1)N1CCCC1. The molecule has 1 aromatic carbocycles. The van der Waals surface area contributed by atoms with Crippen LogP contribution in [0.1, 0.15) is 12.8 Å². The molecule has 0 aliphatic carbocycles. The molecule has 2 saturated heterocycles. The molecule has 144 valence electrons. The van der Waals surface area contributed by atoms with Gasteiger partial charge >= 0.3 is 6.61 Å². The molecule has 0 N–H and O–H groups in total. The zero-order chi connectivity index (χ0) is 18.9. The van der Waals surface area contributed by atoms with Crippen LogP contribution in [-0.4, -0.2) is 60.9 Å². The topological polar surface area (TPSA) is 66.9 Å². The lowest BCUT2D eigenvalue weighted by atomic mass is 10.3. The van der Waals surface area contributed by atoms with Crippen LogP contribution in [0.2, 0.25) is 5.02 Å². The predicted octanol–water partition coefficient (Wildman–Crippen LogP) is 2.63. The summed E-state index contributed by atoms with van der Waals surface area (Å²) in [6, 6.07) is 2.54. The van der Waals surface area contributed by atoms with Crippen LogP contribution in [0.5, 0.6) is 5.75 Å². The molecule has 0 bridgehead atoms. The van der Waals surface area contributed by atoms with Crippen molar-refractivity contribution < 1.29 is 26.7 Å². The van der Waals surface area contributed by atoms with Crippen LogP contribution < -0.4 is 4.74 Å². The lowest BCUT2D eigenvalue weighted by Gasteiger charge is -2.26. The van der Waals surface area contributed by atoms with Gasteiger partial charge in [0.25, 0.3) is 0 Å². The fourth-order valence-corrected chi connectivity index (χ4v) is 6.43. The van der Waals surface area contributed by atoms with Gasteiger partial charge in [-0.05, 0) is 31.0 Å². The molecule has 3 rings (SSSR count). The highest BCUT2D eigenvalue weighted by atomic mass is 35.5. The molecule has 2 aliphatic rings. The van der Waals surface area contributed by atoms with Crippen LogP contribution in [0.4, 0.5) is 8.78 Å². The number of rotatable bonds is 5. The van der Waals surface area contributed by atoms with E-state index in [0.29, 0.717) is 18.8 Å². The first-order valence-corrected chi connectivity index (χ1v) is 10.9. The quantitative estimate of drug-likeness (QED) is 0.724. The summed E-state index contributed by atoms with van der Waals surface area (Å²) in [5, 5.41) is -0.236. The molecule has 2 aliphatic heterocycles. The third kappa shape index (κ3) is 3.92. The molecule has 2 heterocycles. The minimum absolute atomic E-state index is 0.152. The normalized spacial score (nSPS) is 21.5. The summed E-state index contributed by atoms with van der Waals surface area (Å²) < 4.78 is 55.9. The number of carbonyl (C=O) groups excluding carboxylic acids is 1. The predicted molar refractivity (Wildman–Crippen MR) is 94.0 cm³/mol. The molecule has 0 unspecified atom stereocenters. The number of amides is 1. The highest BCUT2D eigenvalue weighted by Gasteiger charge is 2.42. The van der Waals surface area contributed by atoms with Gasteiger partial charge in [0, 0.05) is 18.8 Å².